The van der Waals surface area contributed by atoms with Crippen molar-refractivity contribution in [2.24, 2.45) is 5.92 Å². The van der Waals surface area contributed by atoms with E-state index in [2.05, 4.69) is 0 Å². The van der Waals surface area contributed by atoms with E-state index in [1.54, 1.807) is 0 Å². The van der Waals surface area contributed by atoms with Gasteiger partial charge in [-0.2, -0.15) is 0 Å². The Morgan fingerprint density at radius 3 is 2.53 bits per heavy atom. The van der Waals surface area contributed by atoms with Crippen molar-refractivity contribution in [3.8, 4) is 0 Å². The molecule has 0 heterocycles. The highest BCUT2D eigenvalue weighted by Crippen LogP contribution is 2.15. The first-order valence-corrected chi connectivity index (χ1v) is 5.76. The highest BCUT2D eigenvalue weighted by Gasteiger charge is 2.11. The van der Waals surface area contributed by atoms with Crippen LogP contribution in [-0.2, 0) is 4.79 Å². The highest BCUT2D eigenvalue weighted by atomic mass is 16.4. The van der Waals surface area contributed by atoms with Gasteiger partial charge in [-0.15, -0.1) is 0 Å². The number of carbonyl (C=O) groups is 1. The molecule has 1 aromatic rings. The molecule has 0 bridgehead atoms. The molecule has 0 aromatic heterocycles. The largest absolute Gasteiger partial charge is 0.481 e. The number of benzene rings is 1. The molecule has 94 valence electrons. The molecule has 0 saturated carbocycles. The number of carboxylic acids is 1. The zero-order valence-electron chi connectivity index (χ0n) is 10.0. The van der Waals surface area contributed by atoms with Gasteiger partial charge in [0.15, 0.2) is 0 Å². The van der Waals surface area contributed by atoms with Gasteiger partial charge < -0.3 is 15.1 Å². The zero-order chi connectivity index (χ0) is 12.7. The normalized spacial score (nSPS) is 12.1. The van der Waals surface area contributed by atoms with Gasteiger partial charge in [0.25, 0.3) is 0 Å². The predicted octanol–water partition coefficient (Wildman–Crippen LogP) is 1.60. The number of aliphatic hydroxyl groups is 1. The lowest BCUT2D eigenvalue weighted by molar-refractivity contribution is -0.136. The van der Waals surface area contributed by atoms with Crippen LogP contribution in [0.4, 0.5) is 5.69 Å². The van der Waals surface area contributed by atoms with Crippen molar-refractivity contribution in [2.75, 3.05) is 24.6 Å². The molecule has 4 nitrogen and oxygen atoms in total. The van der Waals surface area contributed by atoms with Gasteiger partial charge in [-0.05, 0) is 18.1 Å². The van der Waals surface area contributed by atoms with Gasteiger partial charge in [-0.3, -0.25) is 4.79 Å². The van der Waals surface area contributed by atoms with E-state index in [1.165, 1.54) is 0 Å². The van der Waals surface area contributed by atoms with Gasteiger partial charge in [0.05, 0.1) is 6.42 Å². The van der Waals surface area contributed by atoms with E-state index in [1.807, 2.05) is 42.2 Å². The Morgan fingerprint density at radius 1 is 1.35 bits per heavy atom. The van der Waals surface area contributed by atoms with E-state index >= 15 is 0 Å². The first kappa shape index (κ1) is 13.5. The zero-order valence-corrected chi connectivity index (χ0v) is 10.0. The molecule has 1 atom stereocenters. The van der Waals surface area contributed by atoms with Crippen LogP contribution in [0.25, 0.3) is 0 Å². The van der Waals surface area contributed by atoms with Crippen molar-refractivity contribution in [1.29, 1.82) is 0 Å². The minimum Gasteiger partial charge on any atom is -0.481 e. The number of hydrogen-bond donors (Lipinski definition) is 2. The number of para-hydroxylation sites is 1. The summed E-state index contributed by atoms with van der Waals surface area (Å²) < 4.78 is 0. The summed E-state index contributed by atoms with van der Waals surface area (Å²) in [5, 5.41) is 17.8. The minimum absolute atomic E-state index is 0.104. The monoisotopic (exact) mass is 237 g/mol. The first-order valence-electron chi connectivity index (χ1n) is 5.76. The second-order valence-electron chi connectivity index (χ2n) is 4.21. The van der Waals surface area contributed by atoms with Gasteiger partial charge in [0, 0.05) is 25.4 Å². The smallest absolute Gasteiger partial charge is 0.305 e. The average Bonchev–Trinajstić information content (AvgIpc) is 2.35. The summed E-state index contributed by atoms with van der Waals surface area (Å²) in [6.07, 6.45) is 0.104. The molecule has 1 rings (SSSR count). The lowest BCUT2D eigenvalue weighted by Gasteiger charge is -2.26. The molecule has 0 aliphatic carbocycles. The number of aliphatic hydroxyl groups excluding tert-OH is 1. The number of carboxylic acid groups (broad SMARTS) is 1. The molecule has 0 saturated heterocycles. The molecule has 0 aliphatic heterocycles. The van der Waals surface area contributed by atoms with Crippen LogP contribution < -0.4 is 4.90 Å². The minimum atomic E-state index is -0.803. The Kier molecular flexibility index (Phi) is 5.49. The number of nitrogens with zero attached hydrogens (tertiary/aromatic N) is 1. The highest BCUT2D eigenvalue weighted by molar-refractivity contribution is 5.67. The molecule has 1 aromatic carbocycles. The molecule has 17 heavy (non-hydrogen) atoms. The van der Waals surface area contributed by atoms with E-state index in [9.17, 15) is 4.79 Å². The number of hydrogen-bond acceptors (Lipinski definition) is 3. The van der Waals surface area contributed by atoms with Gasteiger partial charge in [0.2, 0.25) is 0 Å². The molecule has 0 spiro atoms. The number of aliphatic carboxylic acids is 1. The Labute approximate surface area is 101 Å². The van der Waals surface area contributed by atoms with E-state index in [-0.39, 0.29) is 18.9 Å². The lowest BCUT2D eigenvalue weighted by Crippen LogP contribution is -2.31. The molecular formula is C13H19NO3. The van der Waals surface area contributed by atoms with Crippen LogP contribution in [0, 0.1) is 5.92 Å². The Morgan fingerprint density at radius 2 is 2.00 bits per heavy atom. The third kappa shape index (κ3) is 4.87. The van der Waals surface area contributed by atoms with Gasteiger partial charge in [-0.1, -0.05) is 25.1 Å². The van der Waals surface area contributed by atoms with Crippen LogP contribution in [0.2, 0.25) is 0 Å². The van der Waals surface area contributed by atoms with E-state index < -0.39 is 5.97 Å². The van der Waals surface area contributed by atoms with Crippen molar-refractivity contribution in [3.63, 3.8) is 0 Å². The van der Waals surface area contributed by atoms with Crippen LogP contribution in [-0.4, -0.2) is 35.9 Å². The molecule has 4 heteroatoms. The fraction of sp³-hybridized carbons (Fsp3) is 0.462. The molecule has 0 aliphatic rings. The van der Waals surface area contributed by atoms with E-state index in [0.717, 1.165) is 5.69 Å². The number of rotatable bonds is 7. The molecule has 2 N–H and O–H groups in total. The van der Waals surface area contributed by atoms with Crippen molar-refractivity contribution in [1.82, 2.24) is 0 Å². The van der Waals surface area contributed by atoms with Crippen LogP contribution in [0.3, 0.4) is 0 Å². The Bertz CT molecular complexity index is 340. The molecule has 0 radical (unpaired) electrons. The lowest BCUT2D eigenvalue weighted by atomic mass is 10.1. The maximum Gasteiger partial charge on any atom is 0.305 e. The fourth-order valence-corrected chi connectivity index (χ4v) is 1.63. The first-order chi connectivity index (χ1) is 8.13. The fourth-order valence-electron chi connectivity index (χ4n) is 1.63. The summed E-state index contributed by atoms with van der Waals surface area (Å²) in [6.45, 7) is 3.17. The Hall–Kier alpha value is -1.55. The SMILES string of the molecule is CC(CO)CN(CCC(=O)O)c1ccccc1. The van der Waals surface area contributed by atoms with Crippen LogP contribution >= 0.6 is 0 Å². The van der Waals surface area contributed by atoms with Crippen LogP contribution in [0.5, 0.6) is 0 Å². The summed E-state index contributed by atoms with van der Waals surface area (Å²) in [5.74, 6) is -0.674. The third-order valence-corrected chi connectivity index (χ3v) is 2.56. The van der Waals surface area contributed by atoms with Crippen LogP contribution in [0.15, 0.2) is 30.3 Å². The standard InChI is InChI=1S/C13H19NO3/c1-11(10-15)9-14(8-7-13(16)17)12-5-3-2-4-6-12/h2-6,11,15H,7-10H2,1H3,(H,16,17). The van der Waals surface area contributed by atoms with Crippen molar-refractivity contribution < 1.29 is 15.0 Å². The molecule has 1 unspecified atom stereocenters. The summed E-state index contributed by atoms with van der Waals surface area (Å²) in [7, 11) is 0. The maximum absolute atomic E-state index is 10.6. The third-order valence-electron chi connectivity index (χ3n) is 2.56. The molecular weight excluding hydrogens is 218 g/mol. The van der Waals surface area contributed by atoms with Gasteiger partial charge >= 0.3 is 5.97 Å². The predicted molar refractivity (Wildman–Crippen MR) is 67.2 cm³/mol. The average molecular weight is 237 g/mol. The van der Waals surface area contributed by atoms with Crippen molar-refractivity contribution in [2.45, 2.75) is 13.3 Å². The van der Waals surface area contributed by atoms with E-state index in [4.69, 9.17) is 10.2 Å². The van der Waals surface area contributed by atoms with E-state index in [0.29, 0.717) is 13.1 Å². The van der Waals surface area contributed by atoms with Gasteiger partial charge in [0.1, 0.15) is 0 Å². The maximum atomic E-state index is 10.6. The van der Waals surface area contributed by atoms with Crippen LogP contribution in [0.1, 0.15) is 13.3 Å². The Balaban J connectivity index is 2.68. The topological polar surface area (TPSA) is 60.8 Å². The summed E-state index contributed by atoms with van der Waals surface area (Å²) in [4.78, 5) is 12.6. The van der Waals surface area contributed by atoms with Crippen molar-refractivity contribution in [3.05, 3.63) is 30.3 Å². The molecule has 0 amide bonds. The second-order valence-corrected chi connectivity index (χ2v) is 4.21. The van der Waals surface area contributed by atoms with Gasteiger partial charge in [-0.25, -0.2) is 0 Å². The summed E-state index contributed by atoms with van der Waals surface area (Å²) in [6, 6.07) is 9.67. The quantitative estimate of drug-likeness (QED) is 0.756. The second kappa shape index (κ2) is 6.91. The summed E-state index contributed by atoms with van der Waals surface area (Å²) in [5.41, 5.74) is 0.994. The summed E-state index contributed by atoms with van der Waals surface area (Å²) >= 11 is 0. The van der Waals surface area contributed by atoms with Crippen molar-refractivity contribution >= 4 is 11.7 Å². The molecule has 0 fully saturated rings. The number of anilines is 1.